The molecule has 1 fully saturated rings. The van der Waals surface area contributed by atoms with Crippen molar-refractivity contribution in [3.63, 3.8) is 0 Å². The molecule has 3 aromatic rings. The van der Waals surface area contributed by atoms with Crippen LogP contribution in [0.3, 0.4) is 0 Å². The average molecular weight is 495 g/mol. The Morgan fingerprint density at radius 3 is 2.50 bits per heavy atom. The second kappa shape index (κ2) is 11.1. The summed E-state index contributed by atoms with van der Waals surface area (Å²) in [4.78, 5) is 13.2. The minimum atomic E-state index is -0.216. The minimum absolute atomic E-state index is 0.216. The SMILES string of the molecule is CCCC#Cc1ccc(-c2c(C)c(C(=O)NN3CCCCC3)nn2-c2ccc(Cl)cc2Cl)cc1. The lowest BCUT2D eigenvalue weighted by atomic mass is 10.0. The number of hydrogen-bond donors (Lipinski definition) is 1. The van der Waals surface area contributed by atoms with Crippen molar-refractivity contribution in [1.29, 1.82) is 0 Å². The van der Waals surface area contributed by atoms with Crippen molar-refractivity contribution < 1.29 is 4.79 Å². The molecule has 0 unspecified atom stereocenters. The fraction of sp³-hybridized carbons (Fsp3) is 0.333. The molecule has 0 radical (unpaired) electrons. The van der Waals surface area contributed by atoms with Gasteiger partial charge in [0.2, 0.25) is 0 Å². The summed E-state index contributed by atoms with van der Waals surface area (Å²) in [5.74, 6) is 6.15. The van der Waals surface area contributed by atoms with Crippen LogP contribution in [0, 0.1) is 18.8 Å². The molecule has 1 aliphatic rings. The zero-order chi connectivity index (χ0) is 24.1. The predicted octanol–water partition coefficient (Wildman–Crippen LogP) is 6.44. The molecule has 2 aromatic carbocycles. The number of amides is 1. The number of carbonyl (C=O) groups excluding carboxylic acids is 1. The first-order valence-corrected chi connectivity index (χ1v) is 12.4. The molecule has 5 nitrogen and oxygen atoms in total. The van der Waals surface area contributed by atoms with Crippen LogP contribution in [-0.2, 0) is 0 Å². The summed E-state index contributed by atoms with van der Waals surface area (Å²) in [7, 11) is 0. The molecule has 0 aliphatic carbocycles. The Labute approximate surface area is 211 Å². The number of carbonyl (C=O) groups is 1. The van der Waals surface area contributed by atoms with Crippen molar-refractivity contribution in [1.82, 2.24) is 20.2 Å². The number of halogens is 2. The summed E-state index contributed by atoms with van der Waals surface area (Å²) in [5.41, 5.74) is 7.53. The fourth-order valence-corrected chi connectivity index (χ4v) is 4.57. The van der Waals surface area contributed by atoms with Crippen LogP contribution in [0.4, 0.5) is 0 Å². The molecule has 1 aromatic heterocycles. The van der Waals surface area contributed by atoms with E-state index in [0.29, 0.717) is 21.4 Å². The number of nitrogens with zero attached hydrogens (tertiary/aromatic N) is 3. The molecule has 7 heteroatoms. The van der Waals surface area contributed by atoms with Crippen molar-refractivity contribution >= 4 is 29.1 Å². The van der Waals surface area contributed by atoms with Crippen LogP contribution in [0.15, 0.2) is 42.5 Å². The number of benzene rings is 2. The van der Waals surface area contributed by atoms with Gasteiger partial charge in [-0.2, -0.15) is 5.10 Å². The average Bonchev–Trinajstić information content (AvgIpc) is 3.17. The second-order valence-electron chi connectivity index (χ2n) is 8.45. The zero-order valence-corrected chi connectivity index (χ0v) is 21.0. The van der Waals surface area contributed by atoms with E-state index in [1.165, 1.54) is 6.42 Å². The number of nitrogens with one attached hydrogen (secondary N) is 1. The highest BCUT2D eigenvalue weighted by Crippen LogP contribution is 2.33. The van der Waals surface area contributed by atoms with E-state index in [-0.39, 0.29) is 5.91 Å². The number of rotatable bonds is 5. The molecule has 1 amide bonds. The van der Waals surface area contributed by atoms with Gasteiger partial charge in [-0.15, -0.1) is 0 Å². The molecule has 2 heterocycles. The van der Waals surface area contributed by atoms with E-state index in [2.05, 4.69) is 24.2 Å². The van der Waals surface area contributed by atoms with Gasteiger partial charge >= 0.3 is 0 Å². The lowest BCUT2D eigenvalue weighted by molar-refractivity contribution is 0.0743. The summed E-state index contributed by atoms with van der Waals surface area (Å²) in [5, 5.41) is 7.69. The van der Waals surface area contributed by atoms with Crippen LogP contribution < -0.4 is 5.43 Å². The first-order valence-electron chi connectivity index (χ1n) is 11.7. The number of piperidine rings is 1. The van der Waals surface area contributed by atoms with Gasteiger partial charge in [-0.25, -0.2) is 9.69 Å². The third-order valence-corrected chi connectivity index (χ3v) is 6.39. The molecule has 1 aliphatic heterocycles. The third kappa shape index (κ3) is 5.47. The van der Waals surface area contributed by atoms with E-state index in [1.807, 2.05) is 42.3 Å². The van der Waals surface area contributed by atoms with Gasteiger partial charge in [-0.1, -0.05) is 60.5 Å². The molecule has 1 saturated heterocycles. The maximum Gasteiger partial charge on any atom is 0.286 e. The Hall–Kier alpha value is -2.78. The molecule has 176 valence electrons. The molecule has 0 atom stereocenters. The molecule has 0 bridgehead atoms. The highest BCUT2D eigenvalue weighted by atomic mass is 35.5. The predicted molar refractivity (Wildman–Crippen MR) is 138 cm³/mol. The van der Waals surface area contributed by atoms with Gasteiger partial charge in [0.05, 0.1) is 16.4 Å². The van der Waals surface area contributed by atoms with Gasteiger partial charge < -0.3 is 0 Å². The molecular formula is C27H28Cl2N4O. The van der Waals surface area contributed by atoms with Crippen molar-refractivity contribution in [2.75, 3.05) is 13.1 Å². The van der Waals surface area contributed by atoms with Crippen molar-refractivity contribution in [2.24, 2.45) is 0 Å². The molecule has 1 N–H and O–H groups in total. The van der Waals surface area contributed by atoms with Crippen LogP contribution >= 0.6 is 23.2 Å². The quantitative estimate of drug-likeness (QED) is 0.415. The van der Waals surface area contributed by atoms with E-state index >= 15 is 0 Å². The normalized spacial score (nSPS) is 13.9. The topological polar surface area (TPSA) is 50.2 Å². The summed E-state index contributed by atoms with van der Waals surface area (Å²) in [6.07, 6.45) is 5.25. The first-order chi connectivity index (χ1) is 16.5. The van der Waals surface area contributed by atoms with Gasteiger partial charge in [-0.3, -0.25) is 10.2 Å². The van der Waals surface area contributed by atoms with Crippen LogP contribution in [0.5, 0.6) is 0 Å². The molecule has 4 rings (SSSR count). The maximum atomic E-state index is 13.2. The molecule has 34 heavy (non-hydrogen) atoms. The minimum Gasteiger partial charge on any atom is -0.283 e. The van der Waals surface area contributed by atoms with Gasteiger partial charge in [0.15, 0.2) is 5.69 Å². The van der Waals surface area contributed by atoms with Gasteiger partial charge in [0.1, 0.15) is 0 Å². The van der Waals surface area contributed by atoms with Gasteiger partial charge in [0, 0.05) is 41.2 Å². The van der Waals surface area contributed by atoms with E-state index in [4.69, 9.17) is 28.3 Å². The van der Waals surface area contributed by atoms with Crippen molar-refractivity contribution in [3.8, 4) is 28.8 Å². The fourth-order valence-electron chi connectivity index (χ4n) is 4.08. The summed E-state index contributed by atoms with van der Waals surface area (Å²) in [6, 6.07) is 13.3. The van der Waals surface area contributed by atoms with Crippen LogP contribution in [0.25, 0.3) is 16.9 Å². The largest absolute Gasteiger partial charge is 0.286 e. The van der Waals surface area contributed by atoms with Crippen molar-refractivity contribution in [2.45, 2.75) is 46.0 Å². The molecule has 0 saturated carbocycles. The van der Waals surface area contributed by atoms with Gasteiger partial charge in [0.25, 0.3) is 5.91 Å². The summed E-state index contributed by atoms with van der Waals surface area (Å²) in [6.45, 7) is 5.73. The first kappa shape index (κ1) is 24.3. The highest BCUT2D eigenvalue weighted by Gasteiger charge is 2.24. The van der Waals surface area contributed by atoms with E-state index in [0.717, 1.165) is 61.2 Å². The highest BCUT2D eigenvalue weighted by molar-refractivity contribution is 6.35. The second-order valence-corrected chi connectivity index (χ2v) is 9.29. The van der Waals surface area contributed by atoms with Crippen molar-refractivity contribution in [3.05, 3.63) is 69.3 Å². The third-order valence-electron chi connectivity index (χ3n) is 5.86. The number of hydrazine groups is 1. The summed E-state index contributed by atoms with van der Waals surface area (Å²) >= 11 is 12.7. The van der Waals surface area contributed by atoms with Gasteiger partial charge in [-0.05, 0) is 56.5 Å². The van der Waals surface area contributed by atoms with E-state index in [9.17, 15) is 4.79 Å². The Balaban J connectivity index is 1.76. The lowest BCUT2D eigenvalue weighted by Gasteiger charge is -2.26. The van der Waals surface area contributed by atoms with Crippen LogP contribution in [0.2, 0.25) is 10.0 Å². The number of aromatic nitrogens is 2. The standard InChI is InChI=1S/C27H28Cl2N4O/c1-3-4-6-9-20-10-12-21(13-11-20)26-19(2)25(27(34)31-32-16-7-5-8-17-32)30-33(26)24-15-14-22(28)18-23(24)29/h10-15,18H,3-5,7-8,16-17H2,1-2H3,(H,31,34). The molecular weight excluding hydrogens is 467 g/mol. The van der Waals surface area contributed by atoms with E-state index in [1.54, 1.807) is 16.8 Å². The Morgan fingerprint density at radius 2 is 1.82 bits per heavy atom. The Morgan fingerprint density at radius 1 is 1.09 bits per heavy atom. The number of unbranched alkanes of at least 4 members (excludes halogenated alkanes) is 1. The summed E-state index contributed by atoms with van der Waals surface area (Å²) < 4.78 is 1.73. The zero-order valence-electron chi connectivity index (χ0n) is 19.5. The maximum absolute atomic E-state index is 13.2. The van der Waals surface area contributed by atoms with Crippen LogP contribution in [-0.4, -0.2) is 33.8 Å². The lowest BCUT2D eigenvalue weighted by Crippen LogP contribution is -2.45. The Bertz CT molecular complexity index is 1230. The Kier molecular flexibility index (Phi) is 7.95. The monoisotopic (exact) mass is 494 g/mol. The van der Waals surface area contributed by atoms with Crippen LogP contribution in [0.1, 0.15) is 60.6 Å². The van der Waals surface area contributed by atoms with E-state index < -0.39 is 0 Å². The number of hydrogen-bond acceptors (Lipinski definition) is 3. The molecule has 0 spiro atoms. The smallest absolute Gasteiger partial charge is 0.283 e.